The highest BCUT2D eigenvalue weighted by molar-refractivity contribution is 6.09. The number of nitrogens with zero attached hydrogens (tertiary/aromatic N) is 1. The summed E-state index contributed by atoms with van der Waals surface area (Å²) in [5.41, 5.74) is -0.0453. The number of ether oxygens (including phenoxy) is 2. The summed E-state index contributed by atoms with van der Waals surface area (Å²) in [5.74, 6) is -0.313. The molecule has 1 N–H and O–H groups in total. The Bertz CT molecular complexity index is 752. The van der Waals surface area contributed by atoms with Crippen LogP contribution in [0.25, 0.3) is 0 Å². The molecule has 134 valence electrons. The van der Waals surface area contributed by atoms with Crippen molar-refractivity contribution in [1.82, 2.24) is 10.2 Å². The lowest BCUT2D eigenvalue weighted by Crippen LogP contribution is -2.43. The van der Waals surface area contributed by atoms with Crippen molar-refractivity contribution in [3.8, 4) is 5.75 Å². The fourth-order valence-electron chi connectivity index (χ4n) is 3.40. The highest BCUT2D eigenvalue weighted by Gasteiger charge is 2.55. The van der Waals surface area contributed by atoms with E-state index in [2.05, 4.69) is 5.32 Å². The number of hydrogen-bond acceptors (Lipinski definition) is 5. The van der Waals surface area contributed by atoms with Crippen LogP contribution >= 0.6 is 0 Å². The summed E-state index contributed by atoms with van der Waals surface area (Å²) in [6.45, 7) is 4.81. The number of esters is 1. The molecule has 1 unspecified atom stereocenters. The number of nitrogens with one attached hydrogen (secondary N) is 1. The lowest BCUT2D eigenvalue weighted by Gasteiger charge is -2.23. The van der Waals surface area contributed by atoms with Gasteiger partial charge in [-0.3, -0.25) is 14.5 Å². The van der Waals surface area contributed by atoms with E-state index in [9.17, 15) is 14.4 Å². The van der Waals surface area contributed by atoms with Gasteiger partial charge < -0.3 is 14.8 Å². The van der Waals surface area contributed by atoms with Gasteiger partial charge in [-0.05, 0) is 56.9 Å². The van der Waals surface area contributed by atoms with Gasteiger partial charge >= 0.3 is 12.0 Å². The first kappa shape index (κ1) is 17.3. The van der Waals surface area contributed by atoms with Crippen LogP contribution in [-0.4, -0.2) is 42.1 Å². The average molecular weight is 346 g/mol. The van der Waals surface area contributed by atoms with E-state index in [0.717, 1.165) is 16.0 Å². The van der Waals surface area contributed by atoms with Crippen molar-refractivity contribution in [2.45, 2.75) is 44.8 Å². The fourth-order valence-corrected chi connectivity index (χ4v) is 3.40. The number of urea groups is 1. The number of aryl methyl sites for hydroxylation is 1. The molecule has 1 heterocycles. The van der Waals surface area contributed by atoms with E-state index in [4.69, 9.17) is 9.47 Å². The first-order valence-electron chi connectivity index (χ1n) is 8.20. The van der Waals surface area contributed by atoms with Gasteiger partial charge in [0.15, 0.2) is 0 Å². The van der Waals surface area contributed by atoms with Crippen molar-refractivity contribution in [3.05, 3.63) is 29.3 Å². The predicted molar refractivity (Wildman–Crippen MR) is 89.1 cm³/mol. The lowest BCUT2D eigenvalue weighted by atomic mass is 9.92. The molecule has 1 saturated heterocycles. The Morgan fingerprint density at radius 3 is 2.68 bits per heavy atom. The topological polar surface area (TPSA) is 84.9 Å². The molecule has 2 aliphatic rings. The standard InChI is InChI=1S/C18H22N2O5/c1-17(2,3)25-14(21)10-20-15(22)18(19-16(20)23)8-7-11-9-12(24-4)5-6-13(11)18/h5-6,9H,7-8,10H2,1-4H3,(H,19,23). The number of imide groups is 1. The van der Waals surface area contributed by atoms with E-state index in [1.807, 2.05) is 6.07 Å². The third-order valence-corrected chi connectivity index (χ3v) is 4.42. The Labute approximate surface area is 146 Å². The summed E-state index contributed by atoms with van der Waals surface area (Å²) in [6.07, 6.45) is 1.11. The van der Waals surface area contributed by atoms with Crippen LogP contribution < -0.4 is 10.1 Å². The number of fused-ring (bicyclic) bond motifs is 2. The van der Waals surface area contributed by atoms with E-state index in [1.54, 1.807) is 40.0 Å². The molecule has 1 aromatic rings. The quantitative estimate of drug-likeness (QED) is 0.665. The number of benzene rings is 1. The maximum absolute atomic E-state index is 13.0. The molecule has 0 saturated carbocycles. The summed E-state index contributed by atoms with van der Waals surface area (Å²) in [7, 11) is 1.58. The summed E-state index contributed by atoms with van der Waals surface area (Å²) < 4.78 is 10.4. The second-order valence-electron chi connectivity index (χ2n) is 7.34. The molecular weight excluding hydrogens is 324 g/mol. The maximum Gasteiger partial charge on any atom is 0.326 e. The van der Waals surface area contributed by atoms with Gasteiger partial charge in [-0.15, -0.1) is 0 Å². The minimum atomic E-state index is -1.10. The Hall–Kier alpha value is -2.57. The molecule has 0 aromatic heterocycles. The molecule has 3 rings (SSSR count). The summed E-state index contributed by atoms with van der Waals surface area (Å²) in [6, 6.07) is 4.87. The zero-order chi connectivity index (χ0) is 18.4. The maximum atomic E-state index is 13.0. The van der Waals surface area contributed by atoms with E-state index in [-0.39, 0.29) is 0 Å². The Balaban J connectivity index is 1.85. The van der Waals surface area contributed by atoms with Crippen LogP contribution in [0, 0.1) is 0 Å². The van der Waals surface area contributed by atoms with Gasteiger partial charge in [0, 0.05) is 0 Å². The number of amides is 3. The Morgan fingerprint density at radius 1 is 1.32 bits per heavy atom. The smallest absolute Gasteiger partial charge is 0.326 e. The third-order valence-electron chi connectivity index (χ3n) is 4.42. The van der Waals surface area contributed by atoms with Crippen LogP contribution in [0.2, 0.25) is 0 Å². The van der Waals surface area contributed by atoms with Crippen molar-refractivity contribution >= 4 is 17.9 Å². The zero-order valence-electron chi connectivity index (χ0n) is 14.8. The van der Waals surface area contributed by atoms with Gasteiger partial charge in [0.2, 0.25) is 0 Å². The molecule has 1 aromatic carbocycles. The highest BCUT2D eigenvalue weighted by atomic mass is 16.6. The monoisotopic (exact) mass is 346 g/mol. The molecule has 1 atom stereocenters. The fraction of sp³-hybridized carbons (Fsp3) is 0.500. The molecule has 7 heteroatoms. The molecule has 7 nitrogen and oxygen atoms in total. The lowest BCUT2D eigenvalue weighted by molar-refractivity contribution is -0.157. The zero-order valence-corrected chi connectivity index (χ0v) is 14.8. The SMILES string of the molecule is COc1ccc2c(c1)CCC21NC(=O)N(CC(=O)OC(C)(C)C)C1=O. The predicted octanol–water partition coefficient (Wildman–Crippen LogP) is 1.73. The summed E-state index contributed by atoms with van der Waals surface area (Å²) in [4.78, 5) is 38.3. The number of carbonyl (C=O) groups is 3. The van der Waals surface area contributed by atoms with Crippen LogP contribution in [0.1, 0.15) is 38.3 Å². The number of rotatable bonds is 3. The Kier molecular flexibility index (Phi) is 3.97. The molecule has 1 aliphatic heterocycles. The van der Waals surface area contributed by atoms with Gasteiger partial charge in [0.25, 0.3) is 5.91 Å². The van der Waals surface area contributed by atoms with Crippen LogP contribution in [-0.2, 0) is 26.3 Å². The number of methoxy groups -OCH3 is 1. The van der Waals surface area contributed by atoms with Crippen molar-refractivity contribution in [3.63, 3.8) is 0 Å². The third kappa shape index (κ3) is 2.94. The highest BCUT2D eigenvalue weighted by Crippen LogP contribution is 2.42. The van der Waals surface area contributed by atoms with Crippen LogP contribution in [0.3, 0.4) is 0 Å². The van der Waals surface area contributed by atoms with Crippen molar-refractivity contribution < 1.29 is 23.9 Å². The molecule has 3 amide bonds. The largest absolute Gasteiger partial charge is 0.497 e. The van der Waals surface area contributed by atoms with Gasteiger partial charge in [-0.2, -0.15) is 0 Å². The van der Waals surface area contributed by atoms with Crippen molar-refractivity contribution in [2.24, 2.45) is 0 Å². The van der Waals surface area contributed by atoms with E-state index in [0.29, 0.717) is 18.6 Å². The molecule has 1 aliphatic carbocycles. The van der Waals surface area contributed by atoms with Crippen LogP contribution in [0.15, 0.2) is 18.2 Å². The van der Waals surface area contributed by atoms with Crippen molar-refractivity contribution in [2.75, 3.05) is 13.7 Å². The van der Waals surface area contributed by atoms with Crippen molar-refractivity contribution in [1.29, 1.82) is 0 Å². The first-order valence-corrected chi connectivity index (χ1v) is 8.20. The minimum Gasteiger partial charge on any atom is -0.497 e. The van der Waals surface area contributed by atoms with Gasteiger partial charge in [0.05, 0.1) is 7.11 Å². The van der Waals surface area contributed by atoms with E-state index >= 15 is 0 Å². The number of carbonyl (C=O) groups excluding carboxylic acids is 3. The molecule has 1 fully saturated rings. The normalized spacial score (nSPS) is 22.2. The van der Waals surface area contributed by atoms with E-state index in [1.165, 1.54) is 0 Å². The molecule has 25 heavy (non-hydrogen) atoms. The second kappa shape index (κ2) is 5.75. The summed E-state index contributed by atoms with van der Waals surface area (Å²) in [5, 5.41) is 2.78. The summed E-state index contributed by atoms with van der Waals surface area (Å²) >= 11 is 0. The van der Waals surface area contributed by atoms with E-state index < -0.39 is 35.6 Å². The van der Waals surface area contributed by atoms with Gasteiger partial charge in [-0.25, -0.2) is 4.79 Å². The minimum absolute atomic E-state index is 0.394. The Morgan fingerprint density at radius 2 is 2.04 bits per heavy atom. The molecular formula is C18H22N2O5. The van der Waals surface area contributed by atoms with Crippen LogP contribution in [0.5, 0.6) is 5.75 Å². The molecule has 1 spiro atoms. The molecule has 0 bridgehead atoms. The van der Waals surface area contributed by atoms with Crippen LogP contribution in [0.4, 0.5) is 4.79 Å². The average Bonchev–Trinajstić information content (AvgIpc) is 2.99. The molecule has 0 radical (unpaired) electrons. The second-order valence-corrected chi connectivity index (χ2v) is 7.34. The number of hydrogen-bond donors (Lipinski definition) is 1. The van der Waals surface area contributed by atoms with Gasteiger partial charge in [0.1, 0.15) is 23.4 Å². The van der Waals surface area contributed by atoms with Gasteiger partial charge in [-0.1, -0.05) is 6.07 Å². The first-order chi connectivity index (χ1) is 11.7.